The molecule has 0 aromatic carbocycles. The maximum Gasteiger partial charge on any atom is 0.0266 e. The van der Waals surface area contributed by atoms with Crippen LogP contribution in [0.5, 0.6) is 0 Å². The molecule has 0 atom stereocenters. The Morgan fingerprint density at radius 1 is 0.594 bits per heavy atom. The van der Waals surface area contributed by atoms with E-state index in [-0.39, 0.29) is 13.3 Å². The van der Waals surface area contributed by atoms with Crippen LogP contribution in [0.2, 0.25) is 0 Å². The maximum absolute atomic E-state index is 7.05. The van der Waals surface area contributed by atoms with Gasteiger partial charge in [0.15, 0.2) is 0 Å². The minimum Gasteiger partial charge on any atom is -0.0776 e. The zero-order chi connectivity index (χ0) is 27.8. The molecular weight excluding hydrogens is 384 g/mol. The van der Waals surface area contributed by atoms with Crippen molar-refractivity contribution in [1.29, 1.82) is 0 Å². The van der Waals surface area contributed by atoms with Crippen LogP contribution in [0.3, 0.4) is 0 Å². The Morgan fingerprint density at radius 2 is 0.844 bits per heavy atom. The Balaban J connectivity index is -0.0000000694. The summed E-state index contributed by atoms with van der Waals surface area (Å²) in [5.74, 6) is 5.70. The van der Waals surface area contributed by atoms with E-state index in [1.807, 2.05) is 13.8 Å². The summed E-state index contributed by atoms with van der Waals surface area (Å²) in [7, 11) is 0. The van der Waals surface area contributed by atoms with Crippen molar-refractivity contribution in [3.8, 4) is 0 Å². The van der Waals surface area contributed by atoms with Gasteiger partial charge in [-0.25, -0.2) is 0 Å². The first-order chi connectivity index (χ1) is 14.8. The lowest BCUT2D eigenvalue weighted by atomic mass is 10.1. The average molecular weight is 463 g/mol. The van der Waals surface area contributed by atoms with Crippen LogP contribution in [0.25, 0.3) is 0 Å². The Kier molecular flexibility index (Phi) is 43.6. The Labute approximate surface area is 214 Å². The van der Waals surface area contributed by atoms with Crippen molar-refractivity contribution in [2.24, 2.45) is 41.4 Å². The molecule has 1 aliphatic carbocycles. The normalized spacial score (nSPS) is 13.1. The standard InChI is InChI=1S/C6H12.C6H14.3C5H12.C4H10.CH4/c1-5(2)6-3-4-6;1-4-5-6(2)3;3*1-4-5(2)3;1-4(2)3;/h5-6H,3-4H2,1-2H3;6H,4-5H2,1-3H3;3*5H,4H2,1-3H3;4H,1-3H3;1H4/i;;4D2;;;;. The third-order valence-electron chi connectivity index (χ3n) is 4.64. The maximum atomic E-state index is 7.05. The molecule has 0 N–H and O–H groups in total. The molecule has 0 unspecified atom stereocenters. The summed E-state index contributed by atoms with van der Waals surface area (Å²) in [5.41, 5.74) is 0. The van der Waals surface area contributed by atoms with Gasteiger partial charge in [-0.2, -0.15) is 0 Å². The van der Waals surface area contributed by atoms with E-state index in [0.29, 0.717) is 0 Å². The molecule has 0 radical (unpaired) electrons. The molecule has 0 aromatic heterocycles. The molecule has 0 aromatic rings. The Morgan fingerprint density at radius 3 is 0.844 bits per heavy atom. The van der Waals surface area contributed by atoms with Crippen LogP contribution in [0.15, 0.2) is 0 Å². The molecule has 0 amide bonds. The van der Waals surface area contributed by atoms with Gasteiger partial charge in [0, 0.05) is 2.74 Å². The van der Waals surface area contributed by atoms with Gasteiger partial charge < -0.3 is 0 Å². The molecule has 0 heteroatoms. The first-order valence-electron chi connectivity index (χ1n) is 14.8. The molecule has 204 valence electrons. The zero-order valence-electron chi connectivity index (χ0n) is 27.8. The lowest BCUT2D eigenvalue weighted by Gasteiger charge is -1.95. The van der Waals surface area contributed by atoms with E-state index in [4.69, 9.17) is 2.74 Å². The third-order valence-corrected chi connectivity index (χ3v) is 4.64. The SMILES string of the molecule is C.CC(C)C.CC(C)C1CC1.CCC(C)C.CCC(C)C.CCCC(C)C.[2H]C([2H])(C)C(C)C. The number of hydrogen-bond acceptors (Lipinski definition) is 0. The second-order valence-electron chi connectivity index (χ2n) is 11.5. The van der Waals surface area contributed by atoms with Crippen LogP contribution >= 0.6 is 0 Å². The van der Waals surface area contributed by atoms with Gasteiger partial charge in [-0.1, -0.05) is 157 Å². The lowest BCUT2D eigenvalue weighted by Crippen LogP contribution is -1.85. The van der Waals surface area contributed by atoms with Crippen molar-refractivity contribution >= 4 is 0 Å². The zero-order valence-corrected chi connectivity index (χ0v) is 25.8. The topological polar surface area (TPSA) is 0 Å². The summed E-state index contributed by atoms with van der Waals surface area (Å²) in [6, 6.07) is 0. The summed E-state index contributed by atoms with van der Waals surface area (Å²) in [4.78, 5) is 0. The Hall–Kier alpha value is 0. The minimum absolute atomic E-state index is 0. The fraction of sp³-hybridized carbons (Fsp3) is 1.00. The average Bonchev–Trinajstić information content (AvgIpc) is 3.47. The first-order valence-corrected chi connectivity index (χ1v) is 13.8. The van der Waals surface area contributed by atoms with Crippen molar-refractivity contribution in [1.82, 2.24) is 0 Å². The third kappa shape index (κ3) is 98.6. The quantitative estimate of drug-likeness (QED) is 0.368. The van der Waals surface area contributed by atoms with E-state index in [1.54, 1.807) is 6.92 Å². The molecular formula is C32H76. The van der Waals surface area contributed by atoms with Crippen LogP contribution in [0.1, 0.15) is 173 Å². The highest BCUT2D eigenvalue weighted by Crippen LogP contribution is 2.35. The molecule has 1 rings (SSSR count). The van der Waals surface area contributed by atoms with Gasteiger partial charge in [-0.3, -0.25) is 0 Å². The molecule has 0 aliphatic heterocycles. The van der Waals surface area contributed by atoms with Crippen molar-refractivity contribution < 1.29 is 2.74 Å². The molecule has 0 nitrogen and oxygen atoms in total. The van der Waals surface area contributed by atoms with E-state index < -0.39 is 6.37 Å². The van der Waals surface area contributed by atoms with Gasteiger partial charge in [-0.15, -0.1) is 0 Å². The van der Waals surface area contributed by atoms with Crippen molar-refractivity contribution in [3.63, 3.8) is 0 Å². The fourth-order valence-electron chi connectivity index (χ4n) is 1.34. The van der Waals surface area contributed by atoms with Crippen molar-refractivity contribution in [2.45, 2.75) is 170 Å². The molecule has 32 heavy (non-hydrogen) atoms. The van der Waals surface area contributed by atoms with Crippen molar-refractivity contribution in [2.75, 3.05) is 0 Å². The predicted octanol–water partition coefficient (Wildman–Crippen LogP) is 13.0. The second-order valence-corrected chi connectivity index (χ2v) is 11.5. The van der Waals surface area contributed by atoms with Gasteiger partial charge in [0.2, 0.25) is 0 Å². The molecule has 0 bridgehead atoms. The van der Waals surface area contributed by atoms with E-state index in [1.165, 1.54) is 38.5 Å². The largest absolute Gasteiger partial charge is 0.0776 e. The van der Waals surface area contributed by atoms with Gasteiger partial charge in [0.1, 0.15) is 0 Å². The second kappa shape index (κ2) is 35.6. The van der Waals surface area contributed by atoms with E-state index in [0.717, 1.165) is 35.5 Å². The van der Waals surface area contributed by atoms with Crippen LogP contribution < -0.4 is 0 Å². The predicted molar refractivity (Wildman–Crippen MR) is 160 cm³/mol. The highest BCUT2D eigenvalue weighted by Gasteiger charge is 2.23. The highest BCUT2D eigenvalue weighted by atomic mass is 14.3. The van der Waals surface area contributed by atoms with E-state index in [9.17, 15) is 0 Å². The van der Waals surface area contributed by atoms with E-state index >= 15 is 0 Å². The summed E-state index contributed by atoms with van der Waals surface area (Å²) in [6.07, 6.45) is 7.31. The van der Waals surface area contributed by atoms with Gasteiger partial charge in [0.25, 0.3) is 0 Å². The summed E-state index contributed by atoms with van der Waals surface area (Å²) in [6.45, 7) is 36.5. The minimum atomic E-state index is -1.00. The number of hydrogen-bond donors (Lipinski definition) is 0. The summed E-state index contributed by atoms with van der Waals surface area (Å²) >= 11 is 0. The van der Waals surface area contributed by atoms with E-state index in [2.05, 4.69) is 96.9 Å². The number of rotatable bonds is 6. The summed E-state index contributed by atoms with van der Waals surface area (Å²) in [5, 5.41) is 0. The van der Waals surface area contributed by atoms with Crippen molar-refractivity contribution in [3.05, 3.63) is 0 Å². The van der Waals surface area contributed by atoms with Crippen LogP contribution in [-0.4, -0.2) is 0 Å². The summed E-state index contributed by atoms with van der Waals surface area (Å²) < 4.78 is 14.1. The molecule has 0 spiro atoms. The van der Waals surface area contributed by atoms with Gasteiger partial charge >= 0.3 is 0 Å². The lowest BCUT2D eigenvalue weighted by molar-refractivity contribution is 0.563. The molecule has 1 saturated carbocycles. The van der Waals surface area contributed by atoms with Gasteiger partial charge in [0.05, 0.1) is 0 Å². The smallest absolute Gasteiger partial charge is 0.0266 e. The molecule has 1 aliphatic rings. The fourth-order valence-corrected chi connectivity index (χ4v) is 1.34. The van der Waals surface area contributed by atoms with Crippen LogP contribution in [0.4, 0.5) is 0 Å². The monoisotopic (exact) mass is 463 g/mol. The molecule has 0 saturated heterocycles. The first kappa shape index (κ1) is 39.2. The Bertz CT molecular complexity index is 308. The van der Waals surface area contributed by atoms with Crippen LogP contribution in [-0.2, 0) is 0 Å². The van der Waals surface area contributed by atoms with Gasteiger partial charge in [-0.05, 0) is 54.3 Å². The molecule has 1 fully saturated rings. The molecule has 0 heterocycles. The highest BCUT2D eigenvalue weighted by molar-refractivity contribution is 4.75. The van der Waals surface area contributed by atoms with Crippen LogP contribution in [0, 0.1) is 41.4 Å².